The summed E-state index contributed by atoms with van der Waals surface area (Å²) in [5, 5.41) is 3.81. The van der Waals surface area contributed by atoms with Crippen LogP contribution in [0.25, 0.3) is 10.8 Å². The second-order valence-corrected chi connectivity index (χ2v) is 6.32. The number of carbonyl (C=O) groups excluding carboxylic acids is 1. The van der Waals surface area contributed by atoms with Crippen molar-refractivity contribution >= 4 is 32.2 Å². The Bertz CT molecular complexity index is 602. The molecule has 0 aromatic heterocycles. The van der Waals surface area contributed by atoms with Gasteiger partial charge in [0, 0.05) is 17.2 Å². The Kier molecular flexibility index (Phi) is 3.26. The smallest absolute Gasteiger partial charge is 0.303 e. The predicted molar refractivity (Wildman–Crippen MR) is 78.3 cm³/mol. The molecule has 3 heteroatoms. The fraction of sp³-hybridized carbons (Fsp3) is 0.267. The fourth-order valence-corrected chi connectivity index (χ4v) is 2.64. The maximum atomic E-state index is 11.1. The zero-order chi connectivity index (χ0) is 13.3. The van der Waals surface area contributed by atoms with Crippen molar-refractivity contribution in [2.75, 3.05) is 0 Å². The molecular weight excluding hydrogens is 240 g/mol. The van der Waals surface area contributed by atoms with Crippen LogP contribution < -0.4 is 5.19 Å². The van der Waals surface area contributed by atoms with Crippen molar-refractivity contribution in [2.45, 2.75) is 26.4 Å². The molecule has 0 aliphatic carbocycles. The Balaban J connectivity index is 2.47. The molecular formula is C15H18O2Si. The van der Waals surface area contributed by atoms with Gasteiger partial charge in [-0.15, -0.1) is 0 Å². The van der Waals surface area contributed by atoms with E-state index in [2.05, 4.69) is 30.3 Å². The molecule has 0 fully saturated rings. The summed E-state index contributed by atoms with van der Waals surface area (Å²) < 4.78 is 5.36. The van der Waals surface area contributed by atoms with Gasteiger partial charge in [-0.25, -0.2) is 0 Å². The summed E-state index contributed by atoms with van der Waals surface area (Å²) >= 11 is 0. The number of carbonyl (C=O) groups is 1. The van der Waals surface area contributed by atoms with Gasteiger partial charge < -0.3 is 4.74 Å². The van der Waals surface area contributed by atoms with Crippen molar-refractivity contribution in [3.05, 3.63) is 42.0 Å². The lowest BCUT2D eigenvalue weighted by atomic mass is 9.95. The predicted octanol–water partition coefficient (Wildman–Crippen LogP) is 1.63. The highest BCUT2D eigenvalue weighted by Crippen LogP contribution is 2.27. The van der Waals surface area contributed by atoms with E-state index in [1.54, 1.807) is 0 Å². The zero-order valence-electron chi connectivity index (χ0n) is 11.3. The molecule has 94 valence electrons. The Hall–Kier alpha value is -1.61. The number of hydrogen-bond donors (Lipinski definition) is 0. The summed E-state index contributed by atoms with van der Waals surface area (Å²) in [7, 11) is 1.06. The van der Waals surface area contributed by atoms with Gasteiger partial charge in [0.05, 0.1) is 0 Å². The molecule has 0 aliphatic heterocycles. The summed E-state index contributed by atoms with van der Waals surface area (Å²) in [5.41, 5.74) is 0.436. The summed E-state index contributed by atoms with van der Waals surface area (Å²) in [6, 6.07) is 12.7. The van der Waals surface area contributed by atoms with Gasteiger partial charge in [0.15, 0.2) is 0 Å². The average Bonchev–Trinajstić information content (AvgIpc) is 2.26. The van der Waals surface area contributed by atoms with Gasteiger partial charge >= 0.3 is 5.97 Å². The van der Waals surface area contributed by atoms with Crippen LogP contribution in [-0.2, 0) is 15.1 Å². The second-order valence-electron chi connectivity index (χ2n) is 5.17. The Morgan fingerprint density at radius 1 is 1.11 bits per heavy atom. The third-order valence-corrected chi connectivity index (χ3v) is 3.71. The van der Waals surface area contributed by atoms with Gasteiger partial charge in [-0.2, -0.15) is 0 Å². The minimum Gasteiger partial charge on any atom is -0.455 e. The molecule has 0 amide bonds. The fourth-order valence-electron chi connectivity index (χ4n) is 2.16. The first-order valence-corrected chi connectivity index (χ1v) is 7.09. The van der Waals surface area contributed by atoms with Crippen LogP contribution in [0, 0.1) is 0 Å². The molecule has 0 unspecified atom stereocenters. The normalized spacial score (nSPS) is 11.7. The van der Waals surface area contributed by atoms with Crippen molar-refractivity contribution in [2.24, 2.45) is 0 Å². The van der Waals surface area contributed by atoms with E-state index < -0.39 is 5.60 Å². The van der Waals surface area contributed by atoms with Crippen LogP contribution >= 0.6 is 0 Å². The summed E-state index contributed by atoms with van der Waals surface area (Å²) in [4.78, 5) is 11.1. The van der Waals surface area contributed by atoms with E-state index in [-0.39, 0.29) is 5.97 Å². The van der Waals surface area contributed by atoms with Gasteiger partial charge in [-0.1, -0.05) is 35.5 Å². The van der Waals surface area contributed by atoms with E-state index in [9.17, 15) is 4.79 Å². The maximum absolute atomic E-state index is 11.1. The molecule has 2 nitrogen and oxygen atoms in total. The molecule has 0 N–H and O–H groups in total. The first kappa shape index (κ1) is 12.8. The average molecular weight is 258 g/mol. The number of ether oxygens (including phenoxy) is 1. The third-order valence-electron chi connectivity index (χ3n) is 3.09. The lowest BCUT2D eigenvalue weighted by Gasteiger charge is -2.25. The molecule has 0 aliphatic rings. The summed E-state index contributed by atoms with van der Waals surface area (Å²) in [6.07, 6.45) is 0. The SMILES string of the molecule is CC(=O)OC(C)(C)c1ccc2cc([SiH3])ccc2c1. The van der Waals surface area contributed by atoms with Crippen LogP contribution in [-0.4, -0.2) is 16.2 Å². The van der Waals surface area contributed by atoms with Crippen molar-refractivity contribution in [1.29, 1.82) is 0 Å². The van der Waals surface area contributed by atoms with Crippen LogP contribution in [0.1, 0.15) is 26.3 Å². The topological polar surface area (TPSA) is 26.3 Å². The van der Waals surface area contributed by atoms with Gasteiger partial charge in [0.25, 0.3) is 0 Å². The van der Waals surface area contributed by atoms with Crippen LogP contribution in [0.3, 0.4) is 0 Å². The minimum atomic E-state index is -0.584. The zero-order valence-corrected chi connectivity index (χ0v) is 13.3. The third kappa shape index (κ3) is 2.62. The highest BCUT2D eigenvalue weighted by molar-refractivity contribution is 6.33. The number of benzene rings is 2. The van der Waals surface area contributed by atoms with Crippen LogP contribution in [0.5, 0.6) is 0 Å². The maximum Gasteiger partial charge on any atom is 0.303 e. The van der Waals surface area contributed by atoms with Gasteiger partial charge in [-0.3, -0.25) is 4.79 Å². The summed E-state index contributed by atoms with van der Waals surface area (Å²) in [6.45, 7) is 5.27. The van der Waals surface area contributed by atoms with E-state index in [0.29, 0.717) is 0 Å². The number of rotatable bonds is 2. The van der Waals surface area contributed by atoms with Crippen molar-refractivity contribution in [3.63, 3.8) is 0 Å². The molecule has 2 rings (SSSR count). The van der Waals surface area contributed by atoms with E-state index in [1.165, 1.54) is 22.9 Å². The van der Waals surface area contributed by atoms with Gasteiger partial charge in [0.1, 0.15) is 5.60 Å². The van der Waals surface area contributed by atoms with Crippen LogP contribution in [0.4, 0.5) is 0 Å². The van der Waals surface area contributed by atoms with E-state index in [4.69, 9.17) is 4.74 Å². The molecule has 0 atom stereocenters. The first-order valence-electron chi connectivity index (χ1n) is 6.09. The quantitative estimate of drug-likeness (QED) is 0.604. The van der Waals surface area contributed by atoms with Gasteiger partial charge in [0.2, 0.25) is 0 Å². The molecule has 0 bridgehead atoms. The monoisotopic (exact) mass is 258 g/mol. The molecule has 0 radical (unpaired) electrons. The second kappa shape index (κ2) is 4.57. The molecule has 2 aromatic rings. The van der Waals surface area contributed by atoms with Crippen molar-refractivity contribution < 1.29 is 9.53 Å². The van der Waals surface area contributed by atoms with E-state index in [1.807, 2.05) is 19.9 Å². The molecule has 0 saturated carbocycles. The van der Waals surface area contributed by atoms with Crippen molar-refractivity contribution in [3.8, 4) is 0 Å². The van der Waals surface area contributed by atoms with E-state index in [0.717, 1.165) is 15.8 Å². The number of fused-ring (bicyclic) bond motifs is 1. The standard InChI is InChI=1S/C15H18O2Si/c1-10(16)17-15(2,3)13-6-4-12-9-14(18)7-5-11(12)8-13/h4-9H,1-3,18H3. The molecule has 18 heavy (non-hydrogen) atoms. The Morgan fingerprint density at radius 3 is 2.39 bits per heavy atom. The minimum absolute atomic E-state index is 0.255. The molecule has 2 aromatic carbocycles. The highest BCUT2D eigenvalue weighted by atomic mass is 28.1. The first-order chi connectivity index (χ1) is 8.38. The number of hydrogen-bond acceptors (Lipinski definition) is 2. The Morgan fingerprint density at radius 2 is 1.72 bits per heavy atom. The summed E-state index contributed by atoms with van der Waals surface area (Å²) in [5.74, 6) is -0.255. The van der Waals surface area contributed by atoms with E-state index >= 15 is 0 Å². The molecule has 0 heterocycles. The number of esters is 1. The molecule has 0 saturated heterocycles. The highest BCUT2D eigenvalue weighted by Gasteiger charge is 2.23. The Labute approximate surface area is 110 Å². The van der Waals surface area contributed by atoms with Crippen LogP contribution in [0.15, 0.2) is 36.4 Å². The van der Waals surface area contributed by atoms with Gasteiger partial charge in [-0.05, 0) is 36.2 Å². The van der Waals surface area contributed by atoms with Crippen molar-refractivity contribution in [1.82, 2.24) is 0 Å². The lowest BCUT2D eigenvalue weighted by Crippen LogP contribution is -2.24. The molecule has 0 spiro atoms. The lowest BCUT2D eigenvalue weighted by molar-refractivity contribution is -0.154. The van der Waals surface area contributed by atoms with Crippen LogP contribution in [0.2, 0.25) is 0 Å². The largest absolute Gasteiger partial charge is 0.455 e.